The molecule has 2 rings (SSSR count). The highest BCUT2D eigenvalue weighted by Gasteiger charge is 2.11. The third kappa shape index (κ3) is 6.17. The molecule has 0 heterocycles. The highest BCUT2D eigenvalue weighted by atomic mass is 35.5. The Hall–Kier alpha value is -1.87. The Kier molecular flexibility index (Phi) is 7.45. The van der Waals surface area contributed by atoms with Crippen LogP contribution in [0.2, 0.25) is 10.0 Å². The SMILES string of the molecule is CC(CC#N)Sc1ccccc1NC(=O)COc1ccc(Cl)c(Cl)c1. The fraction of sp³-hybridized carbons (Fsp3) is 0.222. The van der Waals surface area contributed by atoms with Gasteiger partial charge >= 0.3 is 0 Å². The van der Waals surface area contributed by atoms with Crippen LogP contribution in [0.15, 0.2) is 47.4 Å². The van der Waals surface area contributed by atoms with Gasteiger partial charge in [-0.2, -0.15) is 5.26 Å². The van der Waals surface area contributed by atoms with E-state index in [2.05, 4.69) is 11.4 Å². The summed E-state index contributed by atoms with van der Waals surface area (Å²) in [4.78, 5) is 13.1. The molecule has 2 aromatic carbocycles. The molecule has 25 heavy (non-hydrogen) atoms. The van der Waals surface area contributed by atoms with Crippen molar-refractivity contribution in [3.8, 4) is 11.8 Å². The molecule has 0 aliphatic rings. The van der Waals surface area contributed by atoms with Gasteiger partial charge < -0.3 is 10.1 Å². The fourth-order valence-corrected chi connectivity index (χ4v) is 3.24. The van der Waals surface area contributed by atoms with E-state index in [9.17, 15) is 4.79 Å². The molecule has 2 aromatic rings. The standard InChI is InChI=1S/C18H16Cl2N2O2S/c1-12(8-9-21)25-17-5-3-2-4-16(17)22-18(23)11-24-13-6-7-14(19)15(20)10-13/h2-7,10,12H,8,11H2,1H3,(H,22,23). The molecule has 0 spiro atoms. The van der Waals surface area contributed by atoms with Gasteiger partial charge in [-0.25, -0.2) is 0 Å². The summed E-state index contributed by atoms with van der Waals surface area (Å²) in [5.74, 6) is 0.182. The second kappa shape index (κ2) is 9.57. The molecule has 7 heteroatoms. The Morgan fingerprint density at radius 2 is 2.04 bits per heavy atom. The van der Waals surface area contributed by atoms with Crippen molar-refractivity contribution < 1.29 is 9.53 Å². The lowest BCUT2D eigenvalue weighted by Gasteiger charge is -2.13. The number of hydrogen-bond acceptors (Lipinski definition) is 4. The van der Waals surface area contributed by atoms with E-state index in [4.69, 9.17) is 33.2 Å². The van der Waals surface area contributed by atoms with Gasteiger partial charge in [-0.1, -0.05) is 42.3 Å². The summed E-state index contributed by atoms with van der Waals surface area (Å²) >= 11 is 13.3. The molecule has 130 valence electrons. The van der Waals surface area contributed by atoms with Crippen LogP contribution >= 0.6 is 35.0 Å². The molecule has 1 amide bonds. The summed E-state index contributed by atoms with van der Waals surface area (Å²) in [6.07, 6.45) is 0.438. The Labute approximate surface area is 161 Å². The molecule has 1 unspecified atom stereocenters. The van der Waals surface area contributed by atoms with E-state index < -0.39 is 0 Å². The molecule has 1 atom stereocenters. The van der Waals surface area contributed by atoms with Crippen LogP contribution in [0.1, 0.15) is 13.3 Å². The molecule has 0 aliphatic heterocycles. The molecule has 4 nitrogen and oxygen atoms in total. The number of nitriles is 1. The molecule has 0 radical (unpaired) electrons. The van der Waals surface area contributed by atoms with Crippen molar-refractivity contribution >= 4 is 46.6 Å². The number of rotatable bonds is 7. The first kappa shape index (κ1) is 19.5. The average Bonchev–Trinajstić information content (AvgIpc) is 2.58. The molecule has 1 N–H and O–H groups in total. The lowest BCUT2D eigenvalue weighted by molar-refractivity contribution is -0.118. The topological polar surface area (TPSA) is 62.1 Å². The number of thioether (sulfide) groups is 1. The summed E-state index contributed by atoms with van der Waals surface area (Å²) in [5, 5.41) is 12.5. The minimum absolute atomic E-state index is 0.135. The zero-order chi connectivity index (χ0) is 18.2. The van der Waals surface area contributed by atoms with Crippen molar-refractivity contribution in [3.05, 3.63) is 52.5 Å². The van der Waals surface area contributed by atoms with Crippen LogP contribution < -0.4 is 10.1 Å². The largest absolute Gasteiger partial charge is 0.484 e. The zero-order valence-electron chi connectivity index (χ0n) is 13.5. The van der Waals surface area contributed by atoms with Gasteiger partial charge in [0.05, 0.1) is 21.8 Å². The number of nitrogens with one attached hydrogen (secondary N) is 1. The number of halogens is 2. The fourth-order valence-electron chi connectivity index (χ4n) is 1.96. The maximum Gasteiger partial charge on any atom is 0.262 e. The Morgan fingerprint density at radius 1 is 1.28 bits per heavy atom. The van der Waals surface area contributed by atoms with E-state index in [0.717, 1.165) is 4.90 Å². The molecule has 0 aromatic heterocycles. The van der Waals surface area contributed by atoms with E-state index in [0.29, 0.717) is 27.9 Å². The minimum atomic E-state index is -0.285. The minimum Gasteiger partial charge on any atom is -0.484 e. The van der Waals surface area contributed by atoms with Crippen LogP contribution in [0, 0.1) is 11.3 Å². The molecule has 0 aliphatic carbocycles. The second-order valence-electron chi connectivity index (χ2n) is 5.20. The van der Waals surface area contributed by atoms with Crippen LogP contribution in [-0.2, 0) is 4.79 Å². The predicted octanol–water partition coefficient (Wildman–Crippen LogP) is 5.41. The Morgan fingerprint density at radius 3 is 2.76 bits per heavy atom. The predicted molar refractivity (Wildman–Crippen MR) is 103 cm³/mol. The first-order chi connectivity index (χ1) is 12.0. The first-order valence-electron chi connectivity index (χ1n) is 7.50. The lowest BCUT2D eigenvalue weighted by atomic mass is 10.3. The number of carbonyl (C=O) groups is 1. The molecule has 0 bridgehead atoms. The maximum absolute atomic E-state index is 12.1. The normalized spacial score (nSPS) is 11.4. The van der Waals surface area contributed by atoms with Crippen molar-refractivity contribution in [2.24, 2.45) is 0 Å². The van der Waals surface area contributed by atoms with Gasteiger partial charge in [0.2, 0.25) is 0 Å². The average molecular weight is 395 g/mol. The highest BCUT2D eigenvalue weighted by Crippen LogP contribution is 2.31. The molecule has 0 saturated heterocycles. The third-order valence-corrected chi connectivity index (χ3v) is 5.05. The number of amides is 1. The smallest absolute Gasteiger partial charge is 0.262 e. The third-order valence-electron chi connectivity index (χ3n) is 3.13. The van der Waals surface area contributed by atoms with Crippen LogP contribution in [0.3, 0.4) is 0 Å². The van der Waals surface area contributed by atoms with Crippen molar-refractivity contribution in [1.29, 1.82) is 5.26 Å². The van der Waals surface area contributed by atoms with E-state index in [1.54, 1.807) is 30.0 Å². The van der Waals surface area contributed by atoms with E-state index in [-0.39, 0.29) is 17.8 Å². The van der Waals surface area contributed by atoms with Crippen LogP contribution in [0.25, 0.3) is 0 Å². The summed E-state index contributed by atoms with van der Waals surface area (Å²) in [6, 6.07) is 14.4. The van der Waals surface area contributed by atoms with Gasteiger partial charge in [0.25, 0.3) is 5.91 Å². The molecular weight excluding hydrogens is 379 g/mol. The van der Waals surface area contributed by atoms with Crippen LogP contribution in [0.5, 0.6) is 5.75 Å². The number of carbonyl (C=O) groups excluding carboxylic acids is 1. The van der Waals surface area contributed by atoms with Gasteiger partial charge in [-0.3, -0.25) is 4.79 Å². The number of benzene rings is 2. The summed E-state index contributed by atoms with van der Waals surface area (Å²) in [6.45, 7) is 1.82. The second-order valence-corrected chi connectivity index (χ2v) is 7.49. The molecule has 0 fully saturated rings. The van der Waals surface area contributed by atoms with Gasteiger partial charge in [-0.15, -0.1) is 11.8 Å². The number of hydrogen-bond donors (Lipinski definition) is 1. The van der Waals surface area contributed by atoms with Crippen molar-refractivity contribution in [3.63, 3.8) is 0 Å². The Balaban J connectivity index is 1.96. The molecular formula is C18H16Cl2N2O2S. The van der Waals surface area contributed by atoms with Crippen molar-refractivity contribution in [2.45, 2.75) is 23.5 Å². The highest BCUT2D eigenvalue weighted by molar-refractivity contribution is 8.00. The van der Waals surface area contributed by atoms with Crippen LogP contribution in [-0.4, -0.2) is 17.8 Å². The number of ether oxygens (including phenoxy) is 1. The monoisotopic (exact) mass is 394 g/mol. The lowest BCUT2D eigenvalue weighted by Crippen LogP contribution is -2.20. The quantitative estimate of drug-likeness (QED) is 0.637. The molecule has 0 saturated carbocycles. The van der Waals surface area contributed by atoms with E-state index in [1.807, 2.05) is 31.2 Å². The number of nitrogens with zero attached hydrogens (tertiary/aromatic N) is 1. The van der Waals surface area contributed by atoms with Gasteiger partial charge in [0.1, 0.15) is 5.75 Å². The Bertz CT molecular complexity index is 793. The zero-order valence-corrected chi connectivity index (χ0v) is 15.8. The van der Waals surface area contributed by atoms with Crippen molar-refractivity contribution in [2.75, 3.05) is 11.9 Å². The van der Waals surface area contributed by atoms with Gasteiger partial charge in [0.15, 0.2) is 6.61 Å². The first-order valence-corrected chi connectivity index (χ1v) is 9.13. The summed E-state index contributed by atoms with van der Waals surface area (Å²) < 4.78 is 5.43. The van der Waals surface area contributed by atoms with Crippen LogP contribution in [0.4, 0.5) is 5.69 Å². The van der Waals surface area contributed by atoms with E-state index >= 15 is 0 Å². The van der Waals surface area contributed by atoms with E-state index in [1.165, 1.54) is 0 Å². The van der Waals surface area contributed by atoms with Crippen molar-refractivity contribution in [1.82, 2.24) is 0 Å². The summed E-state index contributed by atoms with van der Waals surface area (Å²) in [5.41, 5.74) is 0.694. The summed E-state index contributed by atoms with van der Waals surface area (Å²) in [7, 11) is 0. The van der Waals surface area contributed by atoms with Gasteiger partial charge in [-0.05, 0) is 24.3 Å². The number of anilines is 1. The van der Waals surface area contributed by atoms with Gasteiger partial charge in [0, 0.05) is 22.6 Å². The number of para-hydroxylation sites is 1. The maximum atomic E-state index is 12.1.